The van der Waals surface area contributed by atoms with Crippen LogP contribution in [0, 0.1) is 11.3 Å². The SMILES string of the molecule is CCN(C=CC=C(C)C#N)CC. The Kier molecular flexibility index (Phi) is 5.81. The van der Waals surface area contributed by atoms with Crippen LogP contribution in [0.1, 0.15) is 20.8 Å². The average Bonchev–Trinajstić information content (AvgIpc) is 2.12. The Morgan fingerprint density at radius 3 is 2.42 bits per heavy atom. The first-order valence-corrected chi connectivity index (χ1v) is 4.23. The number of hydrogen-bond donors (Lipinski definition) is 0. The molecule has 0 aliphatic heterocycles. The van der Waals surface area contributed by atoms with Gasteiger partial charge in [0.15, 0.2) is 0 Å². The van der Waals surface area contributed by atoms with E-state index in [1.54, 1.807) is 6.92 Å². The largest absolute Gasteiger partial charge is 0.378 e. The molecule has 0 bridgehead atoms. The summed E-state index contributed by atoms with van der Waals surface area (Å²) in [7, 11) is 0. The number of nitriles is 1. The van der Waals surface area contributed by atoms with E-state index in [9.17, 15) is 0 Å². The molecule has 66 valence electrons. The van der Waals surface area contributed by atoms with E-state index in [-0.39, 0.29) is 0 Å². The number of hydrogen-bond acceptors (Lipinski definition) is 2. The van der Waals surface area contributed by atoms with E-state index in [1.807, 2.05) is 18.4 Å². The van der Waals surface area contributed by atoms with E-state index in [1.165, 1.54) is 0 Å². The lowest BCUT2D eigenvalue weighted by Crippen LogP contribution is -2.14. The van der Waals surface area contributed by atoms with Crippen LogP contribution in [0.25, 0.3) is 0 Å². The monoisotopic (exact) mass is 164 g/mol. The zero-order chi connectivity index (χ0) is 9.40. The van der Waals surface area contributed by atoms with Crippen molar-refractivity contribution < 1.29 is 0 Å². The third-order valence-corrected chi connectivity index (χ3v) is 1.63. The molecule has 0 aromatic heterocycles. The van der Waals surface area contributed by atoms with Gasteiger partial charge in [-0.1, -0.05) is 0 Å². The third kappa shape index (κ3) is 4.56. The molecular weight excluding hydrogens is 148 g/mol. The maximum atomic E-state index is 8.45. The summed E-state index contributed by atoms with van der Waals surface area (Å²) in [6.45, 7) is 8.02. The lowest BCUT2D eigenvalue weighted by molar-refractivity contribution is 0.419. The Bertz CT molecular complexity index is 204. The van der Waals surface area contributed by atoms with Gasteiger partial charge in [-0.05, 0) is 39.1 Å². The van der Waals surface area contributed by atoms with Gasteiger partial charge in [0, 0.05) is 18.7 Å². The number of nitrogens with zero attached hydrogens (tertiary/aromatic N) is 2. The van der Waals surface area contributed by atoms with E-state index >= 15 is 0 Å². The first-order valence-electron chi connectivity index (χ1n) is 4.23. The van der Waals surface area contributed by atoms with Gasteiger partial charge >= 0.3 is 0 Å². The Balaban J connectivity index is 3.99. The van der Waals surface area contributed by atoms with Crippen LogP contribution < -0.4 is 0 Å². The van der Waals surface area contributed by atoms with Crippen molar-refractivity contribution in [1.29, 1.82) is 5.26 Å². The molecule has 0 fully saturated rings. The minimum absolute atomic E-state index is 0.735. The molecule has 0 atom stereocenters. The predicted octanol–water partition coefficient (Wildman–Crippen LogP) is 2.31. The van der Waals surface area contributed by atoms with E-state index in [2.05, 4.69) is 24.8 Å². The van der Waals surface area contributed by atoms with Crippen molar-refractivity contribution in [3.05, 3.63) is 23.9 Å². The molecule has 0 heterocycles. The van der Waals surface area contributed by atoms with Gasteiger partial charge in [0.2, 0.25) is 0 Å². The fourth-order valence-electron chi connectivity index (χ4n) is 0.781. The highest BCUT2D eigenvalue weighted by molar-refractivity contribution is 5.22. The second kappa shape index (κ2) is 6.48. The molecule has 0 saturated carbocycles. The normalized spacial score (nSPS) is 11.7. The maximum Gasteiger partial charge on any atom is 0.0944 e. The molecule has 0 N–H and O–H groups in total. The molecule has 0 saturated heterocycles. The van der Waals surface area contributed by atoms with Crippen molar-refractivity contribution in [2.75, 3.05) is 13.1 Å². The van der Waals surface area contributed by atoms with Crippen molar-refractivity contribution in [3.63, 3.8) is 0 Å². The Labute approximate surface area is 74.8 Å². The van der Waals surface area contributed by atoms with Crippen LogP contribution in [0.15, 0.2) is 23.9 Å². The van der Waals surface area contributed by atoms with E-state index in [4.69, 9.17) is 5.26 Å². The quantitative estimate of drug-likeness (QED) is 0.471. The summed E-state index contributed by atoms with van der Waals surface area (Å²) in [5, 5.41) is 8.45. The highest BCUT2D eigenvalue weighted by atomic mass is 15.1. The van der Waals surface area contributed by atoms with E-state index < -0.39 is 0 Å². The highest BCUT2D eigenvalue weighted by Crippen LogP contribution is 1.92. The molecule has 2 heteroatoms. The Hall–Kier alpha value is -1.23. The molecule has 0 rings (SSSR count). The van der Waals surface area contributed by atoms with E-state index in [0.717, 1.165) is 18.7 Å². The van der Waals surface area contributed by atoms with Crippen molar-refractivity contribution in [2.24, 2.45) is 0 Å². The molecule has 0 radical (unpaired) electrons. The van der Waals surface area contributed by atoms with Gasteiger partial charge in [0.05, 0.1) is 6.07 Å². The zero-order valence-electron chi connectivity index (χ0n) is 8.04. The summed E-state index contributed by atoms with van der Waals surface area (Å²) >= 11 is 0. The fraction of sp³-hybridized carbons (Fsp3) is 0.500. The van der Waals surface area contributed by atoms with E-state index in [0.29, 0.717) is 0 Å². The van der Waals surface area contributed by atoms with Gasteiger partial charge in [-0.25, -0.2) is 0 Å². The summed E-state index contributed by atoms with van der Waals surface area (Å²) in [5.41, 5.74) is 0.735. The Morgan fingerprint density at radius 2 is 2.00 bits per heavy atom. The van der Waals surface area contributed by atoms with Crippen molar-refractivity contribution in [2.45, 2.75) is 20.8 Å². The minimum atomic E-state index is 0.735. The molecule has 0 aliphatic carbocycles. The first-order chi connectivity index (χ1) is 5.74. The van der Waals surface area contributed by atoms with Crippen LogP contribution in [0.2, 0.25) is 0 Å². The van der Waals surface area contributed by atoms with Crippen molar-refractivity contribution in [3.8, 4) is 6.07 Å². The first kappa shape index (κ1) is 10.8. The van der Waals surface area contributed by atoms with Crippen molar-refractivity contribution in [1.82, 2.24) is 4.90 Å². The maximum absolute atomic E-state index is 8.45. The van der Waals surface area contributed by atoms with Crippen LogP contribution in [-0.2, 0) is 0 Å². The molecule has 0 aromatic rings. The lowest BCUT2D eigenvalue weighted by Gasteiger charge is -2.13. The number of rotatable bonds is 4. The van der Waals surface area contributed by atoms with Gasteiger partial charge in [-0.15, -0.1) is 0 Å². The zero-order valence-corrected chi connectivity index (χ0v) is 8.04. The van der Waals surface area contributed by atoms with Crippen LogP contribution in [0.3, 0.4) is 0 Å². The van der Waals surface area contributed by atoms with Crippen LogP contribution in [0.4, 0.5) is 0 Å². The van der Waals surface area contributed by atoms with Gasteiger partial charge < -0.3 is 4.90 Å². The molecule has 2 nitrogen and oxygen atoms in total. The fourth-order valence-corrected chi connectivity index (χ4v) is 0.781. The van der Waals surface area contributed by atoms with Gasteiger partial charge in [-0.3, -0.25) is 0 Å². The average molecular weight is 164 g/mol. The second-order valence-electron chi connectivity index (χ2n) is 2.52. The standard InChI is InChI=1S/C10H16N2/c1-4-12(5-2)8-6-7-10(3)9-11/h6-8H,4-5H2,1-3H3. The second-order valence-corrected chi connectivity index (χ2v) is 2.52. The van der Waals surface area contributed by atoms with Crippen LogP contribution >= 0.6 is 0 Å². The van der Waals surface area contributed by atoms with Crippen molar-refractivity contribution >= 4 is 0 Å². The molecule has 0 aliphatic rings. The molecule has 0 aromatic carbocycles. The third-order valence-electron chi connectivity index (χ3n) is 1.63. The lowest BCUT2D eigenvalue weighted by atomic mass is 10.3. The predicted molar refractivity (Wildman–Crippen MR) is 51.4 cm³/mol. The van der Waals surface area contributed by atoms with Gasteiger partial charge in [-0.2, -0.15) is 5.26 Å². The van der Waals surface area contributed by atoms with Gasteiger partial charge in [0.25, 0.3) is 0 Å². The van der Waals surface area contributed by atoms with Crippen LogP contribution in [-0.4, -0.2) is 18.0 Å². The summed E-state index contributed by atoms with van der Waals surface area (Å²) < 4.78 is 0. The topological polar surface area (TPSA) is 27.0 Å². The minimum Gasteiger partial charge on any atom is -0.378 e. The Morgan fingerprint density at radius 1 is 1.42 bits per heavy atom. The summed E-state index contributed by atoms with van der Waals surface area (Å²) in [6.07, 6.45) is 5.73. The smallest absolute Gasteiger partial charge is 0.0944 e. The molecule has 0 amide bonds. The summed E-state index contributed by atoms with van der Waals surface area (Å²) in [6, 6.07) is 2.07. The molecule has 0 spiro atoms. The summed E-state index contributed by atoms with van der Waals surface area (Å²) in [5.74, 6) is 0. The van der Waals surface area contributed by atoms with Gasteiger partial charge in [0.1, 0.15) is 0 Å². The van der Waals surface area contributed by atoms with Crippen LogP contribution in [0.5, 0.6) is 0 Å². The molecule has 0 unspecified atom stereocenters. The molecular formula is C10H16N2. The molecule has 12 heavy (non-hydrogen) atoms. The number of allylic oxidation sites excluding steroid dienone is 3. The summed E-state index contributed by atoms with van der Waals surface area (Å²) in [4.78, 5) is 2.17. The highest BCUT2D eigenvalue weighted by Gasteiger charge is 1.87.